The molecule has 0 saturated heterocycles. The number of aromatic nitrogens is 2. The number of anilines is 2. The van der Waals surface area contributed by atoms with E-state index in [1.165, 1.54) is 19.3 Å². The van der Waals surface area contributed by atoms with E-state index in [1.807, 2.05) is 31.2 Å². The third-order valence-electron chi connectivity index (χ3n) is 4.13. The van der Waals surface area contributed by atoms with Crippen LogP contribution in [-0.2, 0) is 0 Å². The van der Waals surface area contributed by atoms with Gasteiger partial charge in [-0.2, -0.15) is 0 Å². The summed E-state index contributed by atoms with van der Waals surface area (Å²) in [6, 6.07) is 9.63. The third kappa shape index (κ3) is 4.54. The van der Waals surface area contributed by atoms with Crippen molar-refractivity contribution in [2.75, 3.05) is 10.6 Å². The van der Waals surface area contributed by atoms with E-state index in [1.54, 1.807) is 6.07 Å². The average molecular weight is 389 g/mol. The first-order chi connectivity index (χ1) is 11.6. The van der Waals surface area contributed by atoms with Crippen molar-refractivity contribution < 1.29 is 4.79 Å². The Hall–Kier alpha value is -1.95. The van der Waals surface area contributed by atoms with Crippen molar-refractivity contribution in [2.24, 2.45) is 0 Å². The first-order valence-corrected chi connectivity index (χ1v) is 9.08. The van der Waals surface area contributed by atoms with Crippen molar-refractivity contribution >= 4 is 33.3 Å². The normalized spacial score (nSPS) is 15.1. The van der Waals surface area contributed by atoms with E-state index < -0.39 is 0 Å². The van der Waals surface area contributed by atoms with Gasteiger partial charge in [-0.25, -0.2) is 9.97 Å². The summed E-state index contributed by atoms with van der Waals surface area (Å²) in [4.78, 5) is 21.1. The maximum Gasteiger partial charge on any atom is 0.274 e. The van der Waals surface area contributed by atoms with Gasteiger partial charge in [-0.05, 0) is 44.0 Å². The lowest BCUT2D eigenvalue weighted by Gasteiger charge is -2.23. The van der Waals surface area contributed by atoms with Crippen molar-refractivity contribution in [3.8, 4) is 0 Å². The van der Waals surface area contributed by atoms with Crippen LogP contribution < -0.4 is 10.6 Å². The highest BCUT2D eigenvalue weighted by molar-refractivity contribution is 9.10. The van der Waals surface area contributed by atoms with Crippen LogP contribution >= 0.6 is 15.9 Å². The van der Waals surface area contributed by atoms with E-state index >= 15 is 0 Å². The standard InChI is InChI=1S/C18H21BrN4O/c1-12-20-16(18(24)23-15-9-7-13(19)8-10-15)11-17(21-12)22-14-5-3-2-4-6-14/h7-11,14H,2-6H2,1H3,(H,23,24)(H,20,21,22). The molecular weight excluding hydrogens is 368 g/mol. The highest BCUT2D eigenvalue weighted by atomic mass is 79.9. The number of rotatable bonds is 4. The van der Waals surface area contributed by atoms with Crippen molar-refractivity contribution in [3.05, 3.63) is 46.3 Å². The second-order valence-electron chi connectivity index (χ2n) is 6.13. The molecular formula is C18H21BrN4O. The van der Waals surface area contributed by atoms with E-state index in [0.717, 1.165) is 28.8 Å². The molecule has 0 unspecified atom stereocenters. The fourth-order valence-corrected chi connectivity index (χ4v) is 3.21. The van der Waals surface area contributed by atoms with Gasteiger partial charge < -0.3 is 10.6 Å². The molecule has 3 rings (SSSR count). The molecule has 2 N–H and O–H groups in total. The molecule has 126 valence electrons. The fraction of sp³-hybridized carbons (Fsp3) is 0.389. The molecule has 0 radical (unpaired) electrons. The number of halogens is 1. The molecule has 24 heavy (non-hydrogen) atoms. The van der Waals surface area contributed by atoms with Crippen molar-refractivity contribution in [1.29, 1.82) is 0 Å². The summed E-state index contributed by atoms with van der Waals surface area (Å²) in [5, 5.41) is 6.32. The van der Waals surface area contributed by atoms with Gasteiger partial charge in [0.25, 0.3) is 5.91 Å². The molecule has 6 heteroatoms. The van der Waals surface area contributed by atoms with Crippen LogP contribution in [-0.4, -0.2) is 21.9 Å². The molecule has 5 nitrogen and oxygen atoms in total. The number of carbonyl (C=O) groups excluding carboxylic acids is 1. The van der Waals surface area contributed by atoms with Gasteiger partial charge in [0.05, 0.1) is 0 Å². The maximum absolute atomic E-state index is 12.5. The number of carbonyl (C=O) groups is 1. The maximum atomic E-state index is 12.5. The van der Waals surface area contributed by atoms with E-state index in [4.69, 9.17) is 0 Å². The summed E-state index contributed by atoms with van der Waals surface area (Å²) in [7, 11) is 0. The number of benzene rings is 1. The molecule has 0 bridgehead atoms. The van der Waals surface area contributed by atoms with Crippen molar-refractivity contribution in [3.63, 3.8) is 0 Å². The van der Waals surface area contributed by atoms with Crippen molar-refractivity contribution in [2.45, 2.75) is 45.1 Å². The molecule has 1 heterocycles. The van der Waals surface area contributed by atoms with Gasteiger partial charge in [0.2, 0.25) is 0 Å². The lowest BCUT2D eigenvalue weighted by molar-refractivity contribution is 0.102. The Morgan fingerprint density at radius 1 is 1.12 bits per heavy atom. The Labute approximate surface area is 150 Å². The minimum Gasteiger partial charge on any atom is -0.367 e. The quantitative estimate of drug-likeness (QED) is 0.806. The molecule has 0 aliphatic heterocycles. The molecule has 1 aliphatic rings. The molecule has 1 saturated carbocycles. The molecule has 1 fully saturated rings. The minimum absolute atomic E-state index is 0.227. The number of nitrogens with one attached hydrogen (secondary N) is 2. The van der Waals surface area contributed by atoms with E-state index in [9.17, 15) is 4.79 Å². The number of amides is 1. The Morgan fingerprint density at radius 2 is 1.83 bits per heavy atom. The zero-order chi connectivity index (χ0) is 16.9. The van der Waals surface area contributed by atoms with Gasteiger partial charge in [-0.1, -0.05) is 35.2 Å². The fourth-order valence-electron chi connectivity index (χ4n) is 2.94. The second-order valence-corrected chi connectivity index (χ2v) is 7.04. The molecule has 2 aromatic rings. The van der Waals surface area contributed by atoms with Crippen LogP contribution in [0.2, 0.25) is 0 Å². The van der Waals surface area contributed by atoms with E-state index in [0.29, 0.717) is 17.6 Å². The summed E-state index contributed by atoms with van der Waals surface area (Å²) in [5.41, 5.74) is 1.12. The summed E-state index contributed by atoms with van der Waals surface area (Å²) < 4.78 is 0.970. The lowest BCUT2D eigenvalue weighted by atomic mass is 9.95. The average Bonchev–Trinajstić information content (AvgIpc) is 2.57. The van der Waals surface area contributed by atoms with Crippen molar-refractivity contribution in [1.82, 2.24) is 9.97 Å². The Morgan fingerprint density at radius 3 is 2.54 bits per heavy atom. The number of aryl methyl sites for hydroxylation is 1. The van der Waals surface area contributed by atoms with Gasteiger partial charge in [-0.15, -0.1) is 0 Å². The van der Waals surface area contributed by atoms with Crippen LogP contribution in [0.5, 0.6) is 0 Å². The minimum atomic E-state index is -0.227. The van der Waals surface area contributed by atoms with Crippen LogP contribution in [0.4, 0.5) is 11.5 Å². The van der Waals surface area contributed by atoms with Gasteiger partial charge in [-0.3, -0.25) is 4.79 Å². The molecule has 1 aliphatic carbocycles. The molecule has 0 atom stereocenters. The SMILES string of the molecule is Cc1nc(NC2CCCCC2)cc(C(=O)Nc2ccc(Br)cc2)n1. The monoisotopic (exact) mass is 388 g/mol. The predicted molar refractivity (Wildman–Crippen MR) is 99.4 cm³/mol. The zero-order valence-corrected chi connectivity index (χ0v) is 15.3. The molecule has 1 aromatic carbocycles. The van der Waals surface area contributed by atoms with E-state index in [-0.39, 0.29) is 5.91 Å². The first kappa shape index (κ1) is 16.9. The lowest BCUT2D eigenvalue weighted by Crippen LogP contribution is -2.24. The number of hydrogen-bond donors (Lipinski definition) is 2. The van der Waals surface area contributed by atoms with Gasteiger partial charge >= 0.3 is 0 Å². The topological polar surface area (TPSA) is 66.9 Å². The van der Waals surface area contributed by atoms with Gasteiger partial charge in [0, 0.05) is 22.3 Å². The Kier molecular flexibility index (Phi) is 5.45. The van der Waals surface area contributed by atoms with E-state index in [2.05, 4.69) is 36.5 Å². The largest absolute Gasteiger partial charge is 0.367 e. The number of hydrogen-bond acceptors (Lipinski definition) is 4. The van der Waals surface area contributed by atoms with Crippen LogP contribution in [0.15, 0.2) is 34.8 Å². The highest BCUT2D eigenvalue weighted by Gasteiger charge is 2.16. The van der Waals surface area contributed by atoms with Crippen LogP contribution in [0.3, 0.4) is 0 Å². The molecule has 1 aromatic heterocycles. The first-order valence-electron chi connectivity index (χ1n) is 8.29. The summed E-state index contributed by atoms with van der Waals surface area (Å²) >= 11 is 3.38. The summed E-state index contributed by atoms with van der Waals surface area (Å²) in [6.07, 6.45) is 6.12. The highest BCUT2D eigenvalue weighted by Crippen LogP contribution is 2.21. The predicted octanol–water partition coefficient (Wildman–Crippen LogP) is 4.54. The Bertz CT molecular complexity index is 711. The van der Waals surface area contributed by atoms with Crippen LogP contribution in [0.25, 0.3) is 0 Å². The van der Waals surface area contributed by atoms with Gasteiger partial charge in [0.15, 0.2) is 0 Å². The zero-order valence-electron chi connectivity index (χ0n) is 13.7. The summed E-state index contributed by atoms with van der Waals surface area (Å²) in [6.45, 7) is 1.81. The van der Waals surface area contributed by atoms with Crippen LogP contribution in [0, 0.1) is 6.92 Å². The van der Waals surface area contributed by atoms with Crippen LogP contribution in [0.1, 0.15) is 48.4 Å². The third-order valence-corrected chi connectivity index (χ3v) is 4.66. The Balaban J connectivity index is 1.72. The van der Waals surface area contributed by atoms with Gasteiger partial charge in [0.1, 0.15) is 17.3 Å². The second kappa shape index (κ2) is 7.75. The molecule has 1 amide bonds. The number of nitrogens with zero attached hydrogens (tertiary/aromatic N) is 2. The summed E-state index contributed by atoms with van der Waals surface area (Å²) in [5.74, 6) is 1.10. The smallest absolute Gasteiger partial charge is 0.274 e. The molecule has 0 spiro atoms.